The maximum Gasteiger partial charge on any atom is 0.0924 e. The predicted molar refractivity (Wildman–Crippen MR) is 55.9 cm³/mol. The van der Waals surface area contributed by atoms with E-state index in [1.807, 2.05) is 24.5 Å². The van der Waals surface area contributed by atoms with Gasteiger partial charge in [0.25, 0.3) is 0 Å². The maximum atomic E-state index is 4.02. The molecular formula is C11H9N3. The molecule has 0 unspecified atom stereocenters. The van der Waals surface area contributed by atoms with Gasteiger partial charge in [-0.3, -0.25) is 0 Å². The van der Waals surface area contributed by atoms with Gasteiger partial charge in [0.2, 0.25) is 0 Å². The van der Waals surface area contributed by atoms with Gasteiger partial charge in [-0.2, -0.15) is 0 Å². The Labute approximate surface area is 80.8 Å². The maximum absolute atomic E-state index is 4.02. The Morgan fingerprint density at radius 1 is 1.07 bits per heavy atom. The van der Waals surface area contributed by atoms with Crippen molar-refractivity contribution in [1.82, 2.24) is 15.0 Å². The summed E-state index contributed by atoms with van der Waals surface area (Å²) in [5, 5.41) is 1.22. The molecule has 2 N–H and O–H groups in total. The van der Waals surface area contributed by atoms with Crippen LogP contribution in [-0.4, -0.2) is 15.0 Å². The molecule has 0 saturated heterocycles. The van der Waals surface area contributed by atoms with Crippen LogP contribution in [0.4, 0.5) is 0 Å². The first-order valence-corrected chi connectivity index (χ1v) is 4.50. The number of benzene rings is 1. The molecule has 0 fully saturated rings. The van der Waals surface area contributed by atoms with Gasteiger partial charge in [0.15, 0.2) is 0 Å². The molecule has 3 rings (SSSR count). The predicted octanol–water partition coefficient (Wildman–Crippen LogP) is 2.56. The average molecular weight is 183 g/mol. The van der Waals surface area contributed by atoms with E-state index in [9.17, 15) is 0 Å². The van der Waals surface area contributed by atoms with Crippen molar-refractivity contribution in [3.63, 3.8) is 0 Å². The Bertz CT molecular complexity index is 549. The van der Waals surface area contributed by atoms with Crippen molar-refractivity contribution in [2.24, 2.45) is 0 Å². The molecule has 0 atom stereocenters. The summed E-state index contributed by atoms with van der Waals surface area (Å²) in [4.78, 5) is 10.3. The summed E-state index contributed by atoms with van der Waals surface area (Å²) in [6, 6.07) is 8.23. The third kappa shape index (κ3) is 0.956. The molecule has 0 aliphatic heterocycles. The first kappa shape index (κ1) is 7.38. The van der Waals surface area contributed by atoms with Crippen molar-refractivity contribution in [3.05, 3.63) is 43.0 Å². The molecule has 0 spiro atoms. The van der Waals surface area contributed by atoms with E-state index in [2.05, 4.69) is 27.1 Å². The highest BCUT2D eigenvalue weighted by atomic mass is 14.9. The van der Waals surface area contributed by atoms with Crippen molar-refractivity contribution >= 4 is 10.9 Å². The molecule has 14 heavy (non-hydrogen) atoms. The van der Waals surface area contributed by atoms with Crippen molar-refractivity contribution < 1.29 is 0 Å². The Morgan fingerprint density at radius 3 is 2.86 bits per heavy atom. The summed E-state index contributed by atoms with van der Waals surface area (Å²) >= 11 is 0. The van der Waals surface area contributed by atoms with E-state index in [4.69, 9.17) is 0 Å². The normalized spacial score (nSPS) is 10.9. The monoisotopic (exact) mass is 183 g/mol. The smallest absolute Gasteiger partial charge is 0.0924 e. The van der Waals surface area contributed by atoms with Gasteiger partial charge in [-0.1, -0.05) is 18.2 Å². The van der Waals surface area contributed by atoms with Gasteiger partial charge in [0, 0.05) is 22.7 Å². The van der Waals surface area contributed by atoms with Crippen LogP contribution in [-0.2, 0) is 0 Å². The van der Waals surface area contributed by atoms with E-state index in [-0.39, 0.29) is 0 Å². The zero-order valence-corrected chi connectivity index (χ0v) is 7.49. The van der Waals surface area contributed by atoms with Crippen LogP contribution in [0.15, 0.2) is 43.0 Å². The molecule has 0 amide bonds. The van der Waals surface area contributed by atoms with E-state index in [0.29, 0.717) is 0 Å². The van der Waals surface area contributed by atoms with Crippen LogP contribution < -0.4 is 0 Å². The highest BCUT2D eigenvalue weighted by molar-refractivity contribution is 5.94. The molecule has 2 heterocycles. The Hall–Kier alpha value is -2.03. The molecule has 3 heteroatoms. The second-order valence-electron chi connectivity index (χ2n) is 3.21. The fourth-order valence-corrected chi connectivity index (χ4v) is 1.70. The van der Waals surface area contributed by atoms with E-state index >= 15 is 0 Å². The van der Waals surface area contributed by atoms with Gasteiger partial charge in [0.05, 0.1) is 18.2 Å². The molecule has 0 bridgehead atoms. The second kappa shape index (κ2) is 2.73. The number of hydrogen-bond donors (Lipinski definition) is 2. The molecule has 0 radical (unpaired) electrons. The van der Waals surface area contributed by atoms with Crippen LogP contribution >= 0.6 is 0 Å². The molecule has 3 nitrogen and oxygen atoms in total. The molecule has 3 aromatic rings. The topological polar surface area (TPSA) is 44.5 Å². The molecule has 2 aromatic heterocycles. The number of rotatable bonds is 1. The lowest BCUT2D eigenvalue weighted by Gasteiger charge is -1.93. The van der Waals surface area contributed by atoms with Crippen LogP contribution in [0.25, 0.3) is 22.2 Å². The lowest BCUT2D eigenvalue weighted by atomic mass is 10.1. The van der Waals surface area contributed by atoms with Crippen molar-refractivity contribution in [2.75, 3.05) is 0 Å². The van der Waals surface area contributed by atoms with Crippen LogP contribution in [0.2, 0.25) is 0 Å². The zero-order chi connectivity index (χ0) is 9.38. The van der Waals surface area contributed by atoms with Crippen LogP contribution in [0, 0.1) is 0 Å². The van der Waals surface area contributed by atoms with Crippen molar-refractivity contribution in [1.29, 1.82) is 0 Å². The third-order valence-corrected chi connectivity index (χ3v) is 2.38. The Kier molecular flexibility index (Phi) is 1.44. The van der Waals surface area contributed by atoms with E-state index < -0.39 is 0 Å². The summed E-state index contributed by atoms with van der Waals surface area (Å²) in [6.07, 6.45) is 5.52. The molecule has 1 aromatic carbocycles. The SMILES string of the molecule is c1ccc2c(-c3cnc[nH]3)c[nH]c2c1. The lowest BCUT2D eigenvalue weighted by molar-refractivity contribution is 1.31. The molecule has 68 valence electrons. The molecule has 0 aliphatic rings. The number of aromatic amines is 2. The molecule has 0 aliphatic carbocycles. The second-order valence-corrected chi connectivity index (χ2v) is 3.21. The summed E-state index contributed by atoms with van der Waals surface area (Å²) in [5.41, 5.74) is 3.36. The number of hydrogen-bond acceptors (Lipinski definition) is 1. The number of nitrogens with zero attached hydrogens (tertiary/aromatic N) is 1. The van der Waals surface area contributed by atoms with E-state index in [1.165, 1.54) is 5.39 Å². The zero-order valence-electron chi connectivity index (χ0n) is 7.49. The van der Waals surface area contributed by atoms with E-state index in [0.717, 1.165) is 16.8 Å². The minimum Gasteiger partial charge on any atom is -0.360 e. The number of H-pyrrole nitrogens is 2. The highest BCUT2D eigenvalue weighted by Gasteiger charge is 2.05. The fourth-order valence-electron chi connectivity index (χ4n) is 1.70. The first-order valence-electron chi connectivity index (χ1n) is 4.50. The van der Waals surface area contributed by atoms with Gasteiger partial charge in [-0.05, 0) is 6.07 Å². The third-order valence-electron chi connectivity index (χ3n) is 2.38. The summed E-state index contributed by atoms with van der Waals surface area (Å²) in [6.45, 7) is 0. The minimum absolute atomic E-state index is 1.04. The van der Waals surface area contributed by atoms with Crippen LogP contribution in [0.5, 0.6) is 0 Å². The minimum atomic E-state index is 1.04. The van der Waals surface area contributed by atoms with Crippen molar-refractivity contribution in [2.45, 2.75) is 0 Å². The summed E-state index contributed by atoms with van der Waals surface area (Å²) in [5.74, 6) is 0. The number of nitrogens with one attached hydrogen (secondary N) is 2. The van der Waals surface area contributed by atoms with Gasteiger partial charge in [-0.15, -0.1) is 0 Å². The Balaban J connectivity index is 2.33. The van der Waals surface area contributed by atoms with Gasteiger partial charge in [0.1, 0.15) is 0 Å². The average Bonchev–Trinajstić information content (AvgIpc) is 2.85. The first-order chi connectivity index (χ1) is 6.95. The van der Waals surface area contributed by atoms with Crippen LogP contribution in [0.1, 0.15) is 0 Å². The standard InChI is InChI=1S/C11H9N3/c1-2-4-10-8(3-1)9(5-13-10)11-6-12-7-14-11/h1-7,13H,(H,12,14). The van der Waals surface area contributed by atoms with Gasteiger partial charge >= 0.3 is 0 Å². The largest absolute Gasteiger partial charge is 0.360 e. The van der Waals surface area contributed by atoms with Gasteiger partial charge in [-0.25, -0.2) is 4.98 Å². The highest BCUT2D eigenvalue weighted by Crippen LogP contribution is 2.26. The van der Waals surface area contributed by atoms with Crippen molar-refractivity contribution in [3.8, 4) is 11.3 Å². The van der Waals surface area contributed by atoms with Crippen LogP contribution in [0.3, 0.4) is 0 Å². The number of fused-ring (bicyclic) bond motifs is 1. The lowest BCUT2D eigenvalue weighted by Crippen LogP contribution is -1.72. The van der Waals surface area contributed by atoms with E-state index in [1.54, 1.807) is 6.33 Å². The summed E-state index contributed by atoms with van der Waals surface area (Å²) < 4.78 is 0. The quantitative estimate of drug-likeness (QED) is 0.598. The number of imidazole rings is 1. The summed E-state index contributed by atoms with van der Waals surface area (Å²) in [7, 11) is 0. The Morgan fingerprint density at radius 2 is 2.00 bits per heavy atom. The number of aromatic nitrogens is 3. The number of para-hydroxylation sites is 1. The van der Waals surface area contributed by atoms with Gasteiger partial charge < -0.3 is 9.97 Å². The molecular weight excluding hydrogens is 174 g/mol. The fraction of sp³-hybridized carbons (Fsp3) is 0. The molecule has 0 saturated carbocycles.